The number of unbranched alkanes of at least 4 members (excludes halogenated alkanes) is 4. The minimum Gasteiger partial charge on any atom is -0.465 e. The van der Waals surface area contributed by atoms with E-state index in [4.69, 9.17) is 4.74 Å². The van der Waals surface area contributed by atoms with E-state index in [9.17, 15) is 38.7 Å². The molecule has 0 aliphatic carbocycles. The summed E-state index contributed by atoms with van der Waals surface area (Å²) in [5.74, 6) is -9.05. The van der Waals surface area contributed by atoms with Gasteiger partial charge in [-0.25, -0.2) is 9.59 Å². The average molecular weight is 1480 g/mol. The Morgan fingerprint density at radius 3 is 1.44 bits per heavy atom. The summed E-state index contributed by atoms with van der Waals surface area (Å²) in [6.07, 6.45) is 5.22. The van der Waals surface area contributed by atoms with Gasteiger partial charge in [-0.05, 0) is 136 Å². The molecule has 27 nitrogen and oxygen atoms in total. The highest BCUT2D eigenvalue weighted by molar-refractivity contribution is 7.99. The molecule has 0 saturated carbocycles. The van der Waals surface area contributed by atoms with Crippen LogP contribution in [-0.2, 0) is 52.7 Å². The van der Waals surface area contributed by atoms with Gasteiger partial charge in [0.15, 0.2) is 0 Å². The number of nitrogens with one attached hydrogen (secondary N) is 5. The fourth-order valence-corrected chi connectivity index (χ4v) is 14.0. The summed E-state index contributed by atoms with van der Waals surface area (Å²) < 4.78 is 4.76. The fourth-order valence-electron chi connectivity index (χ4n) is 12.8. The molecule has 0 aromatic heterocycles. The number of carbonyl (C=O) groups excluding carboxylic acids is 13. The van der Waals surface area contributed by atoms with Crippen molar-refractivity contribution in [1.29, 1.82) is 0 Å². The van der Waals surface area contributed by atoms with Gasteiger partial charge in [-0.2, -0.15) is 11.8 Å². The maximum absolute atomic E-state index is 15.6. The van der Waals surface area contributed by atoms with Gasteiger partial charge in [-0.3, -0.25) is 58.1 Å². The van der Waals surface area contributed by atoms with Crippen LogP contribution in [0.25, 0.3) is 0 Å². The zero-order chi connectivity index (χ0) is 79.3. The summed E-state index contributed by atoms with van der Waals surface area (Å²) in [4.78, 5) is 198. The van der Waals surface area contributed by atoms with Gasteiger partial charge in [0.25, 0.3) is 5.91 Å². The molecule has 11 atom stereocenters. The standard InChI is InChI=1S/C76H130N12O15S/c1-24-55-69(95)86(20)61(44-104-38-30-29-37-89)72(98)82(16)57(40-46(4)5)68(94)80-62(49(10)11)73(99)83(17)56(39-45(2)3)66(92)78-52(15)64(90)81-76(102)87(21)60(42-48(8)9)70(96)85(19)59(41-47(6)7)71(97)88(22)63(50(12)13)74(100)84(18)58(67(93)79-55)43-51(14)31-27-25-26-28-36-77-65(91)53-32-34-54(35-33-53)75(101)103-23/h32-35,45-52,55-63,89H,24-31,36-44H2,1-23H3,(H,77,91)(H,78,92)(H,79,93)(H,80,94)(H,81,90,102)/t51-,52-,55+,56-,57+,58?,59+,60-,61-,62-,63+/m1/s1. The van der Waals surface area contributed by atoms with Crippen molar-refractivity contribution in [2.45, 2.75) is 248 Å². The molecule has 1 aromatic rings. The smallest absolute Gasteiger partial charge is 0.337 e. The average Bonchev–Trinajstić information content (AvgIpc) is 0.806. The second-order valence-corrected chi connectivity index (χ2v) is 31.9. The lowest BCUT2D eigenvalue weighted by Crippen LogP contribution is -2.62. The number of nitrogens with zero attached hydrogens (tertiary/aromatic N) is 7. The molecule has 13 amide bonds. The molecular formula is C76H130N12O15S. The van der Waals surface area contributed by atoms with E-state index in [2.05, 4.69) is 26.6 Å². The quantitative estimate of drug-likeness (QED) is 0.0381. The minimum atomic E-state index is -1.36. The molecule has 0 bridgehead atoms. The van der Waals surface area contributed by atoms with E-state index in [0.29, 0.717) is 49.1 Å². The Balaban J connectivity index is 2.96. The van der Waals surface area contributed by atoms with Gasteiger partial charge in [-0.15, -0.1) is 0 Å². The SMILES string of the molecule is CC[C@@H]1NC(=O)C(C[C@H](C)CCCCCCNC(=O)c2ccc(C(=O)OC)cc2)N(C)C(=O)[C@H](C(C)C)N(C)C(=O)[C@H](CC(C)C)N(C)C(=O)[C@@H](CC(C)C)N(C)C(=O)NC(=O)[C@@H](C)NC(=O)[C@@H](CC(C)C)N(C)C(=O)[C@@H](C(C)C)NC(=O)[C@H](CC(C)C)N(C)C(=O)[C@@H](CSCCCCO)N(C)C1=O. The van der Waals surface area contributed by atoms with Gasteiger partial charge >= 0.3 is 12.0 Å². The van der Waals surface area contributed by atoms with Crippen LogP contribution in [0.4, 0.5) is 4.79 Å². The molecule has 1 aliphatic rings. The van der Waals surface area contributed by atoms with Crippen LogP contribution in [0.15, 0.2) is 24.3 Å². The van der Waals surface area contributed by atoms with Gasteiger partial charge in [0.1, 0.15) is 60.4 Å². The first kappa shape index (κ1) is 92.7. The van der Waals surface area contributed by atoms with Crippen LogP contribution in [0.3, 0.4) is 0 Å². The maximum Gasteiger partial charge on any atom is 0.337 e. The van der Waals surface area contributed by atoms with Crippen LogP contribution >= 0.6 is 11.8 Å². The van der Waals surface area contributed by atoms with Crippen LogP contribution in [0.2, 0.25) is 0 Å². The molecule has 1 unspecified atom stereocenters. The number of benzene rings is 1. The summed E-state index contributed by atoms with van der Waals surface area (Å²) in [7, 11) is 11.4. The number of ether oxygens (including phenoxy) is 1. The minimum absolute atomic E-state index is 0.0411. The normalized spacial score (nSPS) is 23.5. The summed E-state index contributed by atoms with van der Waals surface area (Å²) in [5, 5.41) is 23.4. The van der Waals surface area contributed by atoms with E-state index in [-0.39, 0.29) is 86.4 Å². The molecule has 6 N–H and O–H groups in total. The molecule has 1 aliphatic heterocycles. The Bertz CT molecular complexity index is 3000. The maximum atomic E-state index is 15.6. The van der Waals surface area contributed by atoms with Crippen molar-refractivity contribution < 1.29 is 72.2 Å². The van der Waals surface area contributed by atoms with Crippen LogP contribution in [0.1, 0.15) is 208 Å². The lowest BCUT2D eigenvalue weighted by Gasteiger charge is -2.41. The highest BCUT2D eigenvalue weighted by atomic mass is 32.2. The molecule has 1 aromatic carbocycles. The fraction of sp³-hybridized carbons (Fsp3) is 0.750. The Labute approximate surface area is 624 Å². The lowest BCUT2D eigenvalue weighted by molar-refractivity contribution is -0.154. The second kappa shape index (κ2) is 45.2. The molecule has 1 heterocycles. The number of aliphatic hydroxyl groups is 1. The number of imide groups is 1. The van der Waals surface area contributed by atoms with Crippen molar-refractivity contribution in [2.24, 2.45) is 41.4 Å². The van der Waals surface area contributed by atoms with Gasteiger partial charge < -0.3 is 65.4 Å². The van der Waals surface area contributed by atoms with E-state index < -0.39 is 143 Å². The molecule has 1 saturated heterocycles. The van der Waals surface area contributed by atoms with Crippen molar-refractivity contribution in [3.63, 3.8) is 0 Å². The monoisotopic (exact) mass is 1480 g/mol. The molecule has 2 rings (SSSR count). The van der Waals surface area contributed by atoms with E-state index in [1.54, 1.807) is 46.8 Å². The number of esters is 1. The van der Waals surface area contributed by atoms with Gasteiger partial charge in [0, 0.05) is 73.8 Å². The van der Waals surface area contributed by atoms with Crippen molar-refractivity contribution in [1.82, 2.24) is 60.9 Å². The van der Waals surface area contributed by atoms with Gasteiger partial charge in [0.2, 0.25) is 59.1 Å². The number of thioether (sulfide) groups is 1. The second-order valence-electron chi connectivity index (χ2n) is 30.7. The molecule has 0 radical (unpaired) electrons. The van der Waals surface area contributed by atoms with Crippen molar-refractivity contribution in [3.05, 3.63) is 35.4 Å². The van der Waals surface area contributed by atoms with Crippen molar-refractivity contribution in [3.8, 4) is 0 Å². The zero-order valence-electron chi connectivity index (χ0n) is 66.8. The highest BCUT2D eigenvalue weighted by Gasteiger charge is 2.45. The number of amides is 13. The van der Waals surface area contributed by atoms with Gasteiger partial charge in [-0.1, -0.05) is 123 Å². The Hall–Kier alpha value is -7.36. The number of aliphatic hydroxyl groups excluding tert-OH is 1. The number of methoxy groups -OCH3 is 1. The van der Waals surface area contributed by atoms with Crippen LogP contribution in [-0.4, -0.2) is 258 Å². The third-order valence-electron chi connectivity index (χ3n) is 19.4. The van der Waals surface area contributed by atoms with Crippen LogP contribution < -0.4 is 26.6 Å². The zero-order valence-corrected chi connectivity index (χ0v) is 67.7. The summed E-state index contributed by atoms with van der Waals surface area (Å²) >= 11 is 1.37. The number of hydrogen-bond acceptors (Lipinski definition) is 16. The van der Waals surface area contributed by atoms with Crippen molar-refractivity contribution in [2.75, 3.05) is 81.1 Å². The molecule has 28 heteroatoms. The molecular weight excluding hydrogens is 1350 g/mol. The first-order chi connectivity index (χ1) is 48.6. The van der Waals surface area contributed by atoms with Crippen LogP contribution in [0, 0.1) is 41.4 Å². The number of urea groups is 1. The number of carbonyl (C=O) groups is 13. The first-order valence-electron chi connectivity index (χ1n) is 37.4. The number of hydrogen-bond donors (Lipinski definition) is 6. The molecule has 104 heavy (non-hydrogen) atoms. The third-order valence-corrected chi connectivity index (χ3v) is 20.5. The predicted molar refractivity (Wildman–Crippen MR) is 404 cm³/mol. The Morgan fingerprint density at radius 2 is 0.933 bits per heavy atom. The summed E-state index contributed by atoms with van der Waals surface area (Å²) in [6, 6.07) is -7.15. The topological polar surface area (TPSA) is 334 Å². The predicted octanol–water partition coefficient (Wildman–Crippen LogP) is 6.58. The molecule has 0 spiro atoms. The largest absolute Gasteiger partial charge is 0.465 e. The van der Waals surface area contributed by atoms with Crippen LogP contribution in [0.5, 0.6) is 0 Å². The first-order valence-corrected chi connectivity index (χ1v) is 38.5. The van der Waals surface area contributed by atoms with Crippen molar-refractivity contribution >= 4 is 88.7 Å². The molecule has 1 fully saturated rings. The highest BCUT2D eigenvalue weighted by Crippen LogP contribution is 2.27. The number of rotatable bonds is 28. The third kappa shape index (κ3) is 28.2. The Kier molecular flexibility index (Phi) is 40.3. The summed E-state index contributed by atoms with van der Waals surface area (Å²) in [5.41, 5.74) is 0.716. The van der Waals surface area contributed by atoms with E-state index in [1.165, 1.54) is 117 Å². The Morgan fingerprint density at radius 1 is 0.490 bits per heavy atom. The van der Waals surface area contributed by atoms with E-state index in [0.717, 1.165) is 24.2 Å². The van der Waals surface area contributed by atoms with Gasteiger partial charge in [0.05, 0.1) is 12.7 Å². The lowest BCUT2D eigenvalue weighted by atomic mass is 9.92. The molecule has 590 valence electrons. The van der Waals surface area contributed by atoms with E-state index >= 15 is 28.8 Å². The van der Waals surface area contributed by atoms with E-state index in [1.807, 2.05) is 62.3 Å². The summed E-state index contributed by atoms with van der Waals surface area (Å²) in [6.45, 7) is 27.2. The number of likely N-dealkylation sites (N-methyl/N-ethyl adjacent to an activating group) is 7.